The van der Waals surface area contributed by atoms with E-state index < -0.39 is 5.95 Å². The van der Waals surface area contributed by atoms with Crippen molar-refractivity contribution in [1.29, 1.82) is 0 Å². The van der Waals surface area contributed by atoms with Crippen LogP contribution in [0, 0.1) is 11.9 Å². The van der Waals surface area contributed by atoms with E-state index in [4.69, 9.17) is 4.74 Å². The zero-order valence-corrected chi connectivity index (χ0v) is 13.8. The van der Waals surface area contributed by atoms with E-state index in [-0.39, 0.29) is 24.1 Å². The van der Waals surface area contributed by atoms with Crippen LogP contribution in [0.1, 0.15) is 49.3 Å². The summed E-state index contributed by atoms with van der Waals surface area (Å²) in [6.07, 6.45) is 2.24. The number of nitrogens with zero attached hydrogens (tertiary/aromatic N) is 2. The molecule has 0 saturated carbocycles. The molecule has 1 aromatic heterocycles. The van der Waals surface area contributed by atoms with Crippen LogP contribution in [0.5, 0.6) is 0 Å². The average Bonchev–Trinajstić information content (AvgIpc) is 2.93. The Bertz CT molecular complexity index is 638. The summed E-state index contributed by atoms with van der Waals surface area (Å²) in [5.74, 6) is -0.623. The van der Waals surface area contributed by atoms with Crippen molar-refractivity contribution in [2.24, 2.45) is 5.92 Å². The fourth-order valence-electron chi connectivity index (χ4n) is 2.34. The highest BCUT2D eigenvalue weighted by molar-refractivity contribution is 5.95. The summed E-state index contributed by atoms with van der Waals surface area (Å²) in [7, 11) is 0. The first kappa shape index (κ1) is 17.3. The van der Waals surface area contributed by atoms with Crippen molar-refractivity contribution >= 4 is 5.78 Å². The molecule has 0 amide bonds. The van der Waals surface area contributed by atoms with Gasteiger partial charge in [0.15, 0.2) is 0 Å². The van der Waals surface area contributed by atoms with Gasteiger partial charge in [0.25, 0.3) is 0 Å². The van der Waals surface area contributed by atoms with E-state index in [1.807, 2.05) is 37.3 Å². The lowest BCUT2D eigenvalue weighted by Gasteiger charge is -2.16. The first-order valence-electron chi connectivity index (χ1n) is 7.89. The monoisotopic (exact) mass is 318 g/mol. The Morgan fingerprint density at radius 1 is 1.26 bits per heavy atom. The van der Waals surface area contributed by atoms with Gasteiger partial charge in [0.1, 0.15) is 12.3 Å². The van der Waals surface area contributed by atoms with E-state index in [1.165, 1.54) is 6.33 Å². The molecule has 1 heterocycles. The Labute approximate surface area is 136 Å². The molecule has 0 spiro atoms. The Balaban J connectivity index is 2.10. The third kappa shape index (κ3) is 4.48. The maximum atomic E-state index is 14.0. The SMILES string of the molecule is CC(C)CCOCC(=O)c1c(F)ncn1[C@H](C)c1ccccc1. The third-order valence-corrected chi connectivity index (χ3v) is 3.79. The van der Waals surface area contributed by atoms with Crippen LogP contribution in [-0.2, 0) is 4.74 Å². The molecule has 0 fully saturated rings. The molecule has 0 bridgehead atoms. The lowest BCUT2D eigenvalue weighted by atomic mass is 10.1. The number of aromatic nitrogens is 2. The Morgan fingerprint density at radius 2 is 1.96 bits per heavy atom. The van der Waals surface area contributed by atoms with Gasteiger partial charge in [-0.2, -0.15) is 4.39 Å². The number of carbonyl (C=O) groups excluding carboxylic acids is 1. The number of carbonyl (C=O) groups is 1. The molecule has 0 saturated heterocycles. The molecule has 0 aliphatic rings. The predicted molar refractivity (Wildman–Crippen MR) is 87.0 cm³/mol. The lowest BCUT2D eigenvalue weighted by Crippen LogP contribution is -2.19. The Morgan fingerprint density at radius 3 is 2.61 bits per heavy atom. The van der Waals surface area contributed by atoms with Gasteiger partial charge in [-0.25, -0.2) is 4.98 Å². The van der Waals surface area contributed by atoms with Gasteiger partial charge in [0.05, 0.1) is 12.4 Å². The van der Waals surface area contributed by atoms with Gasteiger partial charge in [0.2, 0.25) is 11.7 Å². The van der Waals surface area contributed by atoms with Crippen LogP contribution in [0.4, 0.5) is 4.39 Å². The number of hydrogen-bond acceptors (Lipinski definition) is 3. The maximum absolute atomic E-state index is 14.0. The second-order valence-electron chi connectivity index (χ2n) is 6.04. The summed E-state index contributed by atoms with van der Waals surface area (Å²) in [6, 6.07) is 9.44. The number of halogens is 1. The molecule has 0 aliphatic heterocycles. The fourth-order valence-corrected chi connectivity index (χ4v) is 2.34. The summed E-state index contributed by atoms with van der Waals surface area (Å²) >= 11 is 0. The summed E-state index contributed by atoms with van der Waals surface area (Å²) in [4.78, 5) is 16.0. The molecule has 1 aromatic carbocycles. The molecule has 0 radical (unpaired) electrons. The van der Waals surface area contributed by atoms with Crippen LogP contribution in [0.25, 0.3) is 0 Å². The molecule has 4 nitrogen and oxygen atoms in total. The van der Waals surface area contributed by atoms with E-state index in [9.17, 15) is 9.18 Å². The van der Waals surface area contributed by atoms with Gasteiger partial charge in [0, 0.05) is 6.61 Å². The van der Waals surface area contributed by atoms with Crippen LogP contribution < -0.4 is 0 Å². The zero-order valence-electron chi connectivity index (χ0n) is 13.8. The van der Waals surface area contributed by atoms with Crippen LogP contribution >= 0.6 is 0 Å². The van der Waals surface area contributed by atoms with Gasteiger partial charge < -0.3 is 9.30 Å². The maximum Gasteiger partial charge on any atom is 0.242 e. The van der Waals surface area contributed by atoms with E-state index in [2.05, 4.69) is 18.8 Å². The molecule has 0 unspecified atom stereocenters. The number of benzene rings is 1. The molecule has 23 heavy (non-hydrogen) atoms. The number of ether oxygens (including phenoxy) is 1. The highest BCUT2D eigenvalue weighted by Crippen LogP contribution is 2.21. The summed E-state index contributed by atoms with van der Waals surface area (Å²) in [5, 5.41) is 0. The molecule has 0 aliphatic carbocycles. The number of hydrogen-bond donors (Lipinski definition) is 0. The molecule has 2 rings (SSSR count). The smallest absolute Gasteiger partial charge is 0.242 e. The zero-order chi connectivity index (χ0) is 16.8. The van der Waals surface area contributed by atoms with Crippen LogP contribution in [0.2, 0.25) is 0 Å². The largest absolute Gasteiger partial charge is 0.373 e. The molecule has 1 atom stereocenters. The Hall–Kier alpha value is -2.01. The third-order valence-electron chi connectivity index (χ3n) is 3.79. The quantitative estimate of drug-likeness (QED) is 0.548. The highest BCUT2D eigenvalue weighted by Gasteiger charge is 2.22. The van der Waals surface area contributed by atoms with Gasteiger partial charge in [-0.1, -0.05) is 44.2 Å². The van der Waals surface area contributed by atoms with Gasteiger partial charge >= 0.3 is 0 Å². The number of Topliss-reactive ketones (excluding diaryl/α,β-unsaturated/α-hetero) is 1. The van der Waals surface area contributed by atoms with E-state index >= 15 is 0 Å². The molecular weight excluding hydrogens is 295 g/mol. The van der Waals surface area contributed by atoms with Crippen molar-refractivity contribution in [3.63, 3.8) is 0 Å². The van der Waals surface area contributed by atoms with Gasteiger partial charge in [-0.3, -0.25) is 4.79 Å². The lowest BCUT2D eigenvalue weighted by molar-refractivity contribution is 0.0725. The average molecular weight is 318 g/mol. The van der Waals surface area contributed by atoms with Gasteiger partial charge in [-0.05, 0) is 24.8 Å². The predicted octanol–water partition coefficient (Wildman–Crippen LogP) is 3.88. The molecule has 124 valence electrons. The molecule has 2 aromatic rings. The van der Waals surface area contributed by atoms with E-state index in [1.54, 1.807) is 4.57 Å². The first-order valence-corrected chi connectivity index (χ1v) is 7.89. The van der Waals surface area contributed by atoms with Crippen molar-refractivity contribution in [3.8, 4) is 0 Å². The summed E-state index contributed by atoms with van der Waals surface area (Å²) in [6.45, 7) is 6.44. The van der Waals surface area contributed by atoms with Gasteiger partial charge in [-0.15, -0.1) is 0 Å². The van der Waals surface area contributed by atoms with E-state index in [0.29, 0.717) is 12.5 Å². The topological polar surface area (TPSA) is 44.1 Å². The van der Waals surface area contributed by atoms with Crippen LogP contribution in [0.15, 0.2) is 36.7 Å². The van der Waals surface area contributed by atoms with Crippen LogP contribution in [-0.4, -0.2) is 28.5 Å². The minimum Gasteiger partial charge on any atom is -0.373 e. The molecule has 0 N–H and O–H groups in total. The molecular formula is C18H23FN2O2. The summed E-state index contributed by atoms with van der Waals surface area (Å²) < 4.78 is 20.9. The second-order valence-corrected chi connectivity index (χ2v) is 6.04. The Kier molecular flexibility index (Phi) is 6.04. The highest BCUT2D eigenvalue weighted by atomic mass is 19.1. The minimum absolute atomic E-state index is 0.0223. The van der Waals surface area contributed by atoms with Crippen molar-refractivity contribution in [2.75, 3.05) is 13.2 Å². The van der Waals surface area contributed by atoms with Crippen molar-refractivity contribution in [2.45, 2.75) is 33.2 Å². The second kappa shape index (κ2) is 8.02. The summed E-state index contributed by atoms with van der Waals surface area (Å²) in [5.41, 5.74) is 0.963. The fraction of sp³-hybridized carbons (Fsp3) is 0.444. The number of rotatable bonds is 8. The van der Waals surface area contributed by atoms with Crippen molar-refractivity contribution in [3.05, 3.63) is 53.9 Å². The minimum atomic E-state index is -0.745. The van der Waals surface area contributed by atoms with Crippen LogP contribution in [0.3, 0.4) is 0 Å². The molecule has 5 heteroatoms. The van der Waals surface area contributed by atoms with Crippen molar-refractivity contribution in [1.82, 2.24) is 9.55 Å². The normalized spacial score (nSPS) is 12.6. The standard InChI is InChI=1S/C18H23FN2O2/c1-13(2)9-10-23-11-16(22)17-18(19)20-12-21(17)14(3)15-7-5-4-6-8-15/h4-8,12-14H,9-11H2,1-3H3/t14-/m1/s1. The van der Waals surface area contributed by atoms with Crippen molar-refractivity contribution < 1.29 is 13.9 Å². The first-order chi connectivity index (χ1) is 11.0. The number of ketones is 1. The van der Waals surface area contributed by atoms with E-state index in [0.717, 1.165) is 12.0 Å². The number of imidazole rings is 1.